The molecule has 2 aliphatic heterocycles. The van der Waals surface area contributed by atoms with Crippen molar-refractivity contribution in [2.45, 2.75) is 57.3 Å². The van der Waals surface area contributed by atoms with E-state index in [1.807, 2.05) is 49.4 Å². The van der Waals surface area contributed by atoms with E-state index in [0.29, 0.717) is 18.7 Å². The molecule has 0 spiro atoms. The number of ether oxygens (including phenoxy) is 1. The molecule has 4 unspecified atom stereocenters. The number of rotatable bonds is 6. The van der Waals surface area contributed by atoms with Gasteiger partial charge in [-0.05, 0) is 43.9 Å². The molecule has 3 fully saturated rings. The highest BCUT2D eigenvalue weighted by Gasteiger charge is 2.57. The number of carbonyl (C=O) groups excluding carboxylic acids is 3. The average Bonchev–Trinajstić information content (AvgIpc) is 3.24. The molecule has 1 aliphatic carbocycles. The van der Waals surface area contributed by atoms with Crippen molar-refractivity contribution in [3.05, 3.63) is 65.7 Å². The number of amides is 4. The number of anilines is 1. The van der Waals surface area contributed by atoms with E-state index in [1.165, 1.54) is 4.90 Å². The van der Waals surface area contributed by atoms with Crippen LogP contribution in [0.15, 0.2) is 54.6 Å². The fraction of sp³-hybridized carbons (Fsp3) is 0.444. The molecule has 5 rings (SSSR count). The Morgan fingerprint density at radius 2 is 1.76 bits per heavy atom. The largest absolute Gasteiger partial charge is 0.363 e. The fourth-order valence-electron chi connectivity index (χ4n) is 5.56. The molecule has 3 aliphatic rings. The number of carbonyl (C=O) groups is 3. The van der Waals surface area contributed by atoms with Crippen molar-refractivity contribution >= 4 is 23.5 Å². The van der Waals surface area contributed by atoms with Gasteiger partial charge in [0, 0.05) is 12.5 Å². The molecule has 2 heterocycles. The number of fused-ring (bicyclic) bond motifs is 3. The molecule has 4 amide bonds. The van der Waals surface area contributed by atoms with Gasteiger partial charge in [-0.25, -0.2) is 9.69 Å². The molecule has 2 aromatic carbocycles. The van der Waals surface area contributed by atoms with E-state index in [2.05, 4.69) is 5.32 Å². The molecular formula is C27H31N3O4. The number of nitrogens with zero attached hydrogens (tertiary/aromatic N) is 2. The van der Waals surface area contributed by atoms with Crippen LogP contribution in [0.5, 0.6) is 0 Å². The Labute approximate surface area is 200 Å². The predicted octanol–water partition coefficient (Wildman–Crippen LogP) is 3.45. The van der Waals surface area contributed by atoms with Crippen LogP contribution in [0, 0.1) is 12.8 Å². The van der Waals surface area contributed by atoms with Crippen molar-refractivity contribution in [2.24, 2.45) is 5.92 Å². The highest BCUT2D eigenvalue weighted by Crippen LogP contribution is 2.43. The molecule has 7 nitrogen and oxygen atoms in total. The van der Waals surface area contributed by atoms with E-state index in [0.717, 1.165) is 36.8 Å². The van der Waals surface area contributed by atoms with Crippen LogP contribution >= 0.6 is 0 Å². The first-order valence-electron chi connectivity index (χ1n) is 12.2. The van der Waals surface area contributed by atoms with Gasteiger partial charge >= 0.3 is 6.03 Å². The Balaban J connectivity index is 1.36. The molecule has 1 N–H and O–H groups in total. The highest BCUT2D eigenvalue weighted by atomic mass is 16.5. The highest BCUT2D eigenvalue weighted by molar-refractivity contribution is 6.18. The molecule has 2 aromatic rings. The Morgan fingerprint density at radius 3 is 2.53 bits per heavy atom. The van der Waals surface area contributed by atoms with Crippen molar-refractivity contribution in [1.82, 2.24) is 10.2 Å². The second-order valence-corrected chi connectivity index (χ2v) is 9.54. The molecule has 0 aromatic heterocycles. The van der Waals surface area contributed by atoms with Gasteiger partial charge in [0.15, 0.2) is 6.10 Å². The van der Waals surface area contributed by atoms with Crippen LogP contribution in [0.25, 0.3) is 0 Å². The Bertz CT molecular complexity index is 1060. The third kappa shape index (κ3) is 4.32. The van der Waals surface area contributed by atoms with Crippen LogP contribution in [0.4, 0.5) is 10.5 Å². The first-order valence-corrected chi connectivity index (χ1v) is 12.2. The number of nitrogens with one attached hydrogen (secondary N) is 1. The van der Waals surface area contributed by atoms with Gasteiger partial charge in [-0.15, -0.1) is 0 Å². The molecule has 178 valence electrons. The summed E-state index contributed by atoms with van der Waals surface area (Å²) in [5, 5.41) is 2.95. The van der Waals surface area contributed by atoms with Crippen LogP contribution in [0.3, 0.4) is 0 Å². The van der Waals surface area contributed by atoms with E-state index in [9.17, 15) is 14.4 Å². The molecule has 4 atom stereocenters. The van der Waals surface area contributed by atoms with Gasteiger partial charge in [0.25, 0.3) is 5.91 Å². The summed E-state index contributed by atoms with van der Waals surface area (Å²) in [6.07, 6.45) is 3.85. The molecule has 7 heteroatoms. The molecular weight excluding hydrogens is 430 g/mol. The Morgan fingerprint density at radius 1 is 1.03 bits per heavy atom. The third-order valence-electron chi connectivity index (χ3n) is 7.27. The standard InChI is InChI=1S/C27H31N3O4/c1-18-11-13-20(14-12-18)30-26(32)25-24(21-9-5-6-10-22(21)34-25)29(27(30)33)17-23(31)28-16-15-19-7-3-2-4-8-19/h2-4,7-8,11-14,21-22,24-25H,5-6,9-10,15-17H2,1H3,(H,28,31). The molecule has 2 saturated heterocycles. The molecule has 1 saturated carbocycles. The van der Waals surface area contributed by atoms with Crippen LogP contribution in [-0.4, -0.2) is 54.1 Å². The SMILES string of the molecule is Cc1ccc(N2C(=O)C3OC4CCCCC4C3N(CC(=O)NCCc3ccccc3)C2=O)cc1. The van der Waals surface area contributed by atoms with E-state index in [-0.39, 0.29) is 30.4 Å². The second kappa shape index (κ2) is 9.58. The summed E-state index contributed by atoms with van der Waals surface area (Å²) in [5.41, 5.74) is 2.69. The Kier molecular flexibility index (Phi) is 6.37. The lowest BCUT2D eigenvalue weighted by molar-refractivity contribution is -0.134. The normalized spacial score (nSPS) is 26.3. The minimum atomic E-state index is -0.732. The van der Waals surface area contributed by atoms with Crippen molar-refractivity contribution in [3.63, 3.8) is 0 Å². The number of imide groups is 1. The van der Waals surface area contributed by atoms with E-state index in [1.54, 1.807) is 17.0 Å². The number of aryl methyl sites for hydroxylation is 1. The Hall–Kier alpha value is -3.19. The first-order chi connectivity index (χ1) is 16.5. The molecule has 0 bridgehead atoms. The zero-order valence-corrected chi connectivity index (χ0v) is 19.5. The summed E-state index contributed by atoms with van der Waals surface area (Å²) < 4.78 is 6.24. The lowest BCUT2D eigenvalue weighted by atomic mass is 9.81. The number of hydrogen-bond acceptors (Lipinski definition) is 4. The van der Waals surface area contributed by atoms with Crippen molar-refractivity contribution in [2.75, 3.05) is 18.0 Å². The zero-order chi connectivity index (χ0) is 23.7. The smallest absolute Gasteiger partial charge is 0.332 e. The topological polar surface area (TPSA) is 79.0 Å². The minimum Gasteiger partial charge on any atom is -0.363 e. The summed E-state index contributed by atoms with van der Waals surface area (Å²) in [6, 6.07) is 16.4. The predicted molar refractivity (Wildman–Crippen MR) is 128 cm³/mol. The summed E-state index contributed by atoms with van der Waals surface area (Å²) >= 11 is 0. The average molecular weight is 462 g/mol. The zero-order valence-electron chi connectivity index (χ0n) is 19.5. The lowest BCUT2D eigenvalue weighted by Crippen LogP contribution is -2.66. The van der Waals surface area contributed by atoms with Crippen molar-refractivity contribution in [3.8, 4) is 0 Å². The fourth-order valence-corrected chi connectivity index (χ4v) is 5.56. The van der Waals surface area contributed by atoms with Crippen molar-refractivity contribution < 1.29 is 19.1 Å². The van der Waals surface area contributed by atoms with Gasteiger partial charge in [-0.3, -0.25) is 9.59 Å². The quantitative estimate of drug-likeness (QED) is 0.715. The van der Waals surface area contributed by atoms with E-state index in [4.69, 9.17) is 4.74 Å². The van der Waals surface area contributed by atoms with Crippen LogP contribution in [-0.2, 0) is 20.7 Å². The summed E-state index contributed by atoms with van der Waals surface area (Å²) in [7, 11) is 0. The van der Waals surface area contributed by atoms with E-state index < -0.39 is 18.2 Å². The van der Waals surface area contributed by atoms with Gasteiger partial charge in [0.2, 0.25) is 5.91 Å². The summed E-state index contributed by atoms with van der Waals surface area (Å²) in [5.74, 6) is -0.460. The van der Waals surface area contributed by atoms with Gasteiger partial charge in [-0.2, -0.15) is 0 Å². The van der Waals surface area contributed by atoms with Crippen LogP contribution in [0.1, 0.15) is 36.8 Å². The summed E-state index contributed by atoms with van der Waals surface area (Å²) in [6.45, 7) is 2.36. The maximum absolute atomic E-state index is 13.7. The molecule has 34 heavy (non-hydrogen) atoms. The van der Waals surface area contributed by atoms with Crippen LogP contribution in [0.2, 0.25) is 0 Å². The first kappa shape index (κ1) is 22.6. The maximum atomic E-state index is 13.7. The molecule has 0 radical (unpaired) electrons. The maximum Gasteiger partial charge on any atom is 0.332 e. The number of hydrogen-bond donors (Lipinski definition) is 1. The lowest BCUT2D eigenvalue weighted by Gasteiger charge is -2.42. The third-order valence-corrected chi connectivity index (χ3v) is 7.27. The van der Waals surface area contributed by atoms with Crippen LogP contribution < -0.4 is 10.2 Å². The number of benzene rings is 2. The van der Waals surface area contributed by atoms with Gasteiger partial charge in [0.1, 0.15) is 6.54 Å². The summed E-state index contributed by atoms with van der Waals surface area (Å²) in [4.78, 5) is 42.8. The monoisotopic (exact) mass is 461 g/mol. The van der Waals surface area contributed by atoms with Gasteiger partial charge in [0.05, 0.1) is 17.8 Å². The van der Waals surface area contributed by atoms with Gasteiger partial charge in [-0.1, -0.05) is 60.9 Å². The van der Waals surface area contributed by atoms with Crippen molar-refractivity contribution in [1.29, 1.82) is 0 Å². The second-order valence-electron chi connectivity index (χ2n) is 9.54. The minimum absolute atomic E-state index is 0.0397. The van der Waals surface area contributed by atoms with E-state index >= 15 is 0 Å². The number of urea groups is 1. The van der Waals surface area contributed by atoms with Gasteiger partial charge < -0.3 is 15.0 Å².